The van der Waals surface area contributed by atoms with Crippen molar-refractivity contribution in [2.45, 2.75) is 112 Å². The number of fused-ring (bicyclic) bond motifs is 16. The number of hydrogen-bond donors (Lipinski definition) is 0. The third-order valence-electron chi connectivity index (χ3n) is 22.4. The van der Waals surface area contributed by atoms with E-state index in [1.165, 1.54) is 43.8 Å². The minimum absolute atomic E-state index is 0.124. The van der Waals surface area contributed by atoms with E-state index in [4.69, 9.17) is 9.97 Å². The van der Waals surface area contributed by atoms with Crippen LogP contribution in [-0.2, 0) is 21.7 Å². The average Bonchev–Trinajstić information content (AvgIpc) is 1.53. The first-order chi connectivity index (χ1) is 50.5. The van der Waals surface area contributed by atoms with Crippen LogP contribution in [0.2, 0.25) is 0 Å². The molecule has 105 heavy (non-hydrogen) atoms. The molecule has 0 spiro atoms. The summed E-state index contributed by atoms with van der Waals surface area (Å²) in [5, 5.41) is 4.84. The van der Waals surface area contributed by atoms with Gasteiger partial charge in [-0.05, 0) is 198 Å². The summed E-state index contributed by atoms with van der Waals surface area (Å²) in [6, 6.07) is 102. The minimum Gasteiger partial charge on any atom is -0.307 e. The second-order valence-electron chi connectivity index (χ2n) is 33.3. The van der Waals surface area contributed by atoms with Crippen LogP contribution in [0.3, 0.4) is 0 Å². The molecule has 0 aliphatic rings. The maximum Gasteiger partial charge on any atom is 0.220 e. The molecule has 6 aromatic heterocycles. The fourth-order valence-corrected chi connectivity index (χ4v) is 16.7. The van der Waals surface area contributed by atoms with Crippen molar-refractivity contribution in [3.05, 3.63) is 301 Å². The molecule has 0 aliphatic heterocycles. The van der Waals surface area contributed by atoms with E-state index in [9.17, 15) is 0 Å². The maximum atomic E-state index is 5.91. The van der Waals surface area contributed by atoms with Gasteiger partial charge in [0.25, 0.3) is 0 Å². The van der Waals surface area contributed by atoms with Gasteiger partial charge in [-0.25, -0.2) is 9.97 Å². The van der Waals surface area contributed by atoms with Crippen LogP contribution >= 0.6 is 0 Å². The third-order valence-corrected chi connectivity index (χ3v) is 22.4. The van der Waals surface area contributed by atoms with Gasteiger partial charge in [0, 0.05) is 27.1 Å². The fraction of sp³-hybridized carbons (Fsp3) is 0.175. The summed E-state index contributed by atoms with van der Waals surface area (Å²) in [6.45, 7) is 30.4. The highest BCUT2D eigenvalue weighted by Crippen LogP contribution is 2.49. The molecule has 0 saturated carbocycles. The fourth-order valence-electron chi connectivity index (χ4n) is 16.7. The van der Waals surface area contributed by atoms with Crippen LogP contribution in [0.4, 0.5) is 0 Å². The van der Waals surface area contributed by atoms with E-state index >= 15 is 0 Å². The van der Waals surface area contributed by atoms with Crippen molar-refractivity contribution in [2.24, 2.45) is 0 Å². The van der Waals surface area contributed by atoms with Crippen LogP contribution in [0.25, 0.3) is 167 Å². The largest absolute Gasteiger partial charge is 0.307 e. The van der Waals surface area contributed by atoms with Gasteiger partial charge < -0.3 is 9.13 Å². The van der Waals surface area contributed by atoms with Gasteiger partial charge in [0.2, 0.25) is 11.6 Å². The molecular formula is C97H84N8. The van der Waals surface area contributed by atoms with Gasteiger partial charge >= 0.3 is 0 Å². The Labute approximate surface area is 612 Å². The first-order valence-electron chi connectivity index (χ1n) is 37.0. The zero-order chi connectivity index (χ0) is 71.9. The summed E-state index contributed by atoms with van der Waals surface area (Å²) in [6.07, 6.45) is 0. The molecule has 0 bridgehead atoms. The number of nitrogens with zero attached hydrogens (tertiary/aromatic N) is 8. The molecular weight excluding hydrogens is 1280 g/mol. The van der Waals surface area contributed by atoms with Crippen LogP contribution in [-0.4, -0.2) is 37.0 Å². The summed E-state index contributed by atoms with van der Waals surface area (Å²) in [5.41, 5.74) is 31.3. The van der Waals surface area contributed by atoms with Crippen molar-refractivity contribution >= 4 is 99.3 Å². The highest BCUT2D eigenvalue weighted by atomic mass is 15.2. The molecule has 19 rings (SSSR count). The van der Waals surface area contributed by atoms with Crippen LogP contribution in [0, 0.1) is 6.92 Å². The van der Waals surface area contributed by atoms with E-state index in [1.54, 1.807) is 0 Å². The van der Waals surface area contributed by atoms with E-state index in [0.717, 1.165) is 151 Å². The molecule has 13 aromatic carbocycles. The Morgan fingerprint density at radius 1 is 0.229 bits per heavy atom. The zero-order valence-electron chi connectivity index (χ0n) is 62.1. The van der Waals surface area contributed by atoms with E-state index < -0.39 is 0 Å². The van der Waals surface area contributed by atoms with Crippen molar-refractivity contribution in [2.75, 3.05) is 0 Å². The first-order valence-corrected chi connectivity index (χ1v) is 37.0. The summed E-state index contributed by atoms with van der Waals surface area (Å²) >= 11 is 0. The molecule has 0 aliphatic carbocycles. The number of hydrogen-bond acceptors (Lipinski definition) is 2. The van der Waals surface area contributed by atoms with Crippen molar-refractivity contribution in [3.8, 4) is 67.3 Å². The van der Waals surface area contributed by atoms with E-state index in [-0.39, 0.29) is 21.7 Å². The molecule has 0 saturated heterocycles. The van der Waals surface area contributed by atoms with Crippen LogP contribution in [0.1, 0.15) is 111 Å². The number of aromatic nitrogens is 8. The summed E-state index contributed by atoms with van der Waals surface area (Å²) in [7, 11) is 0. The summed E-state index contributed by atoms with van der Waals surface area (Å²) in [4.78, 5) is 11.8. The molecule has 0 amide bonds. The van der Waals surface area contributed by atoms with E-state index in [0.29, 0.717) is 0 Å². The molecule has 0 fully saturated rings. The Morgan fingerprint density at radius 3 is 0.781 bits per heavy atom. The quantitative estimate of drug-likeness (QED) is 0.152. The van der Waals surface area contributed by atoms with Crippen molar-refractivity contribution in [1.82, 2.24) is 37.0 Å². The molecule has 0 atom stereocenters. The lowest BCUT2D eigenvalue weighted by molar-refractivity contribution is 0.590. The normalized spacial score (nSPS) is 12.8. The van der Waals surface area contributed by atoms with Crippen molar-refractivity contribution in [1.29, 1.82) is 0 Å². The predicted octanol–water partition coefficient (Wildman–Crippen LogP) is 25.5. The number of rotatable bonds is 8. The highest BCUT2D eigenvalue weighted by molar-refractivity contribution is 6.13. The SMILES string of the molecule is Cc1c(-n2c3ccc(C(C)(C)C)cc3c3cc(C(C)(C)C)ccc32)c(-n2c3ccc(-c4ccccc4)cc3n3c4cc(-c5ccccc5)ccc4nc23)cc(-n2c3ccc(-c4ccccc4)cc3n3c4cc(-c5ccccc5)ccc4nc23)c1-n1c2ccc(C(C)(C)C)cc2c2cc(C(C)(C)C)ccc21. The Bertz CT molecular complexity index is 6230. The van der Waals surface area contributed by atoms with Gasteiger partial charge in [-0.2, -0.15) is 0 Å². The Kier molecular flexibility index (Phi) is 14.0. The Morgan fingerprint density at radius 2 is 0.495 bits per heavy atom. The van der Waals surface area contributed by atoms with E-state index in [2.05, 4.69) is 390 Å². The lowest BCUT2D eigenvalue weighted by Crippen LogP contribution is -2.14. The van der Waals surface area contributed by atoms with Crippen LogP contribution in [0.15, 0.2) is 273 Å². The molecule has 0 N–H and O–H groups in total. The highest BCUT2D eigenvalue weighted by Gasteiger charge is 2.33. The summed E-state index contributed by atoms with van der Waals surface area (Å²) in [5.74, 6) is 1.61. The second kappa shape index (κ2) is 23.0. The van der Waals surface area contributed by atoms with Crippen LogP contribution < -0.4 is 0 Å². The van der Waals surface area contributed by atoms with Crippen molar-refractivity contribution in [3.63, 3.8) is 0 Å². The van der Waals surface area contributed by atoms with E-state index in [1.807, 2.05) is 0 Å². The maximum absolute atomic E-state index is 5.91. The molecule has 6 heterocycles. The average molecular weight is 1360 g/mol. The molecule has 8 nitrogen and oxygen atoms in total. The van der Waals surface area contributed by atoms with Gasteiger partial charge in [-0.3, -0.25) is 17.9 Å². The smallest absolute Gasteiger partial charge is 0.220 e. The topological polar surface area (TPSA) is 54.3 Å². The molecule has 8 heteroatoms. The van der Waals surface area contributed by atoms with Gasteiger partial charge in [0.1, 0.15) is 0 Å². The monoisotopic (exact) mass is 1360 g/mol. The van der Waals surface area contributed by atoms with Gasteiger partial charge in [-0.1, -0.05) is 253 Å². The lowest BCUT2D eigenvalue weighted by atomic mass is 9.85. The number of benzene rings is 13. The first kappa shape index (κ1) is 63.9. The second-order valence-corrected chi connectivity index (χ2v) is 33.3. The molecule has 19 aromatic rings. The van der Waals surface area contributed by atoms with Gasteiger partial charge in [0.05, 0.1) is 88.9 Å². The van der Waals surface area contributed by atoms with Gasteiger partial charge in [-0.15, -0.1) is 0 Å². The lowest BCUT2D eigenvalue weighted by Gasteiger charge is -2.26. The number of imidazole rings is 4. The van der Waals surface area contributed by atoms with Crippen molar-refractivity contribution < 1.29 is 0 Å². The zero-order valence-corrected chi connectivity index (χ0v) is 62.1. The Hall–Kier alpha value is -12.0. The summed E-state index contributed by atoms with van der Waals surface area (Å²) < 4.78 is 15.1. The van der Waals surface area contributed by atoms with Gasteiger partial charge in [0.15, 0.2) is 0 Å². The standard InChI is InChI=1S/C97H84N8/c1-59-90(100-78-46-38-68(94(2,3)4)54-72(78)73-55-69(95(5,6)7)39-47-79(73)100)88(102-82-44-36-66(62-30-22-16-23-31-62)52-86(82)104-84-50-64(60-26-18-14-19-27-60)34-42-76(84)98-92(102)104)58-89(91(59)101-80-48-40-70(96(8,9)10)56-74(80)75-57-71(97(11,12)13)41-49-81(75)101)103-83-45-37-67(63-32-24-17-25-33-63)53-87(83)105-85-51-65(61-28-20-15-21-29-61)35-43-77(85)99-93(103)105/h14-58H,1-13H3. The molecule has 512 valence electrons. The molecule has 0 radical (unpaired) electrons. The predicted molar refractivity (Wildman–Crippen MR) is 443 cm³/mol. The Balaban J connectivity index is 1.05. The molecule has 0 unspecified atom stereocenters. The third kappa shape index (κ3) is 10.1. The van der Waals surface area contributed by atoms with Crippen LogP contribution in [0.5, 0.6) is 0 Å². The minimum atomic E-state index is -0.124.